The lowest BCUT2D eigenvalue weighted by Crippen LogP contribution is -2.74. The third kappa shape index (κ3) is 4.22. The molecule has 5 N–H and O–H groups in total. The minimum atomic E-state index is -2.77. The Kier molecular flexibility index (Phi) is 7.26. The predicted octanol–water partition coefficient (Wildman–Crippen LogP) is -0.0280. The molecular formula is C29H35N3O8. The van der Waals surface area contributed by atoms with Crippen molar-refractivity contribution in [1.29, 1.82) is 0 Å². The molecule has 2 unspecified atom stereocenters. The number of hydrogen-bond donors (Lipinski definition) is 4. The zero-order chi connectivity index (χ0) is 29.1. The van der Waals surface area contributed by atoms with Crippen molar-refractivity contribution in [3.63, 3.8) is 0 Å². The third-order valence-corrected chi connectivity index (χ3v) is 9.40. The van der Waals surface area contributed by atoms with E-state index in [4.69, 9.17) is 5.73 Å². The molecule has 4 aliphatic rings. The van der Waals surface area contributed by atoms with Gasteiger partial charge in [0.1, 0.15) is 5.75 Å². The van der Waals surface area contributed by atoms with Crippen molar-refractivity contribution in [2.75, 3.05) is 20.6 Å². The molecule has 11 nitrogen and oxygen atoms in total. The number of likely N-dealkylation sites (N-methyl/N-ethyl adjacent to an activating group) is 1. The van der Waals surface area contributed by atoms with Gasteiger partial charge in [-0.25, -0.2) is 0 Å². The lowest BCUT2D eigenvalue weighted by atomic mass is 9.52. The maximum Gasteiger partial charge on any atom is 0.235 e. The van der Waals surface area contributed by atoms with Crippen LogP contribution in [0.15, 0.2) is 12.1 Å². The topological polar surface area (TPSA) is 184 Å². The zero-order valence-corrected chi connectivity index (χ0v) is 22.6. The maximum atomic E-state index is 13.9. The van der Waals surface area contributed by atoms with Gasteiger partial charge in [0.05, 0.1) is 24.1 Å². The average Bonchev–Trinajstić information content (AvgIpc) is 2.89. The molecule has 3 saturated carbocycles. The highest BCUT2D eigenvalue weighted by Crippen LogP contribution is 2.51. The standard InChI is InChI=1S/C29H35N3O8/c1-32(2)23-17-11-13-10-16-15(19(34)12-31-14-6-4-3-5-7-14)8-9-18(33)21(16)24(35)20(13)26(37)29(17,40)27(38)22(25(23)36)28(30)39/h8-9,13-14,17,20,22-23,31,33,40H,3-7,10-12H2,1-2H3,(H2,30,39)/t13-,17-,20?,22?,23-,29-/m0/s1. The van der Waals surface area contributed by atoms with E-state index in [-0.39, 0.29) is 42.3 Å². The van der Waals surface area contributed by atoms with Gasteiger partial charge in [-0.15, -0.1) is 0 Å². The van der Waals surface area contributed by atoms with E-state index in [0.29, 0.717) is 5.56 Å². The Morgan fingerprint density at radius 3 is 2.38 bits per heavy atom. The van der Waals surface area contributed by atoms with Crippen LogP contribution in [0.5, 0.6) is 5.75 Å². The van der Waals surface area contributed by atoms with Crippen LogP contribution < -0.4 is 11.1 Å². The van der Waals surface area contributed by atoms with Crippen LogP contribution in [0.2, 0.25) is 0 Å². The van der Waals surface area contributed by atoms with E-state index < -0.39 is 70.1 Å². The second kappa shape index (κ2) is 10.3. The van der Waals surface area contributed by atoms with Crippen LogP contribution in [-0.2, 0) is 25.6 Å². The highest BCUT2D eigenvalue weighted by atomic mass is 16.3. The minimum absolute atomic E-state index is 0.0603. The van der Waals surface area contributed by atoms with Crippen molar-refractivity contribution in [3.05, 3.63) is 28.8 Å². The normalized spacial score (nSPS) is 32.5. The molecule has 214 valence electrons. The molecule has 1 aromatic rings. The fraction of sp³-hybridized carbons (Fsp3) is 0.586. The number of benzene rings is 1. The Balaban J connectivity index is 1.52. The molecule has 1 aromatic carbocycles. The van der Waals surface area contributed by atoms with Gasteiger partial charge < -0.3 is 21.3 Å². The summed E-state index contributed by atoms with van der Waals surface area (Å²) >= 11 is 0. The Hall–Kier alpha value is -3.28. The molecular weight excluding hydrogens is 518 g/mol. The summed E-state index contributed by atoms with van der Waals surface area (Å²) in [5.41, 5.74) is 2.98. The lowest BCUT2D eigenvalue weighted by Gasteiger charge is -2.52. The number of amides is 1. The maximum absolute atomic E-state index is 13.9. The van der Waals surface area contributed by atoms with Crippen molar-refractivity contribution in [1.82, 2.24) is 10.2 Å². The Morgan fingerprint density at radius 1 is 1.07 bits per heavy atom. The molecule has 4 aliphatic carbocycles. The van der Waals surface area contributed by atoms with Crippen LogP contribution in [0, 0.1) is 23.7 Å². The summed E-state index contributed by atoms with van der Waals surface area (Å²) in [6.07, 6.45) is 5.33. The van der Waals surface area contributed by atoms with Gasteiger partial charge in [0.15, 0.2) is 40.4 Å². The average molecular weight is 554 g/mol. The summed E-state index contributed by atoms with van der Waals surface area (Å²) in [4.78, 5) is 81.0. The number of fused-ring (bicyclic) bond motifs is 3. The van der Waals surface area contributed by atoms with Gasteiger partial charge in [-0.3, -0.25) is 33.7 Å². The van der Waals surface area contributed by atoms with Crippen molar-refractivity contribution in [2.24, 2.45) is 29.4 Å². The van der Waals surface area contributed by atoms with Crippen LogP contribution in [0.4, 0.5) is 0 Å². The van der Waals surface area contributed by atoms with Crippen LogP contribution in [0.3, 0.4) is 0 Å². The van der Waals surface area contributed by atoms with Crippen LogP contribution >= 0.6 is 0 Å². The third-order valence-electron chi connectivity index (χ3n) is 9.40. The molecule has 11 heteroatoms. The SMILES string of the molecule is CN(C)[C@@H]1C(=O)C(C(N)=O)C(=O)[C@@]2(O)C(=O)C3C(=O)c4c(O)ccc(C(=O)CNC5CCCCC5)c4C[C@H]3C[C@@H]12. The smallest absolute Gasteiger partial charge is 0.235 e. The van der Waals surface area contributed by atoms with Gasteiger partial charge in [0.25, 0.3) is 0 Å². The van der Waals surface area contributed by atoms with Gasteiger partial charge in [-0.1, -0.05) is 19.3 Å². The number of Topliss-reactive ketones (excluding diaryl/α,β-unsaturated/α-hetero) is 5. The van der Waals surface area contributed by atoms with Crippen LogP contribution in [0.25, 0.3) is 0 Å². The molecule has 1 amide bonds. The lowest BCUT2D eigenvalue weighted by molar-refractivity contribution is -0.181. The van der Waals surface area contributed by atoms with E-state index in [0.717, 1.165) is 25.7 Å². The molecule has 0 aliphatic heterocycles. The molecule has 0 saturated heterocycles. The zero-order valence-electron chi connectivity index (χ0n) is 22.6. The summed E-state index contributed by atoms with van der Waals surface area (Å²) in [7, 11) is 3.06. The van der Waals surface area contributed by atoms with Gasteiger partial charge in [0, 0.05) is 17.5 Å². The number of nitrogens with zero attached hydrogens (tertiary/aromatic N) is 1. The second-order valence-electron chi connectivity index (χ2n) is 11.9. The van der Waals surface area contributed by atoms with Gasteiger partial charge in [0.2, 0.25) is 5.91 Å². The van der Waals surface area contributed by atoms with E-state index in [2.05, 4.69) is 5.32 Å². The fourth-order valence-corrected chi connectivity index (χ4v) is 7.50. The number of phenolic OH excluding ortho intramolecular Hbond substituents is 1. The van der Waals surface area contributed by atoms with E-state index in [1.165, 1.54) is 37.5 Å². The molecule has 0 aromatic heterocycles. The number of rotatable bonds is 6. The Labute approximate surface area is 231 Å². The number of ketones is 5. The number of nitrogens with one attached hydrogen (secondary N) is 1. The Morgan fingerprint density at radius 2 is 1.75 bits per heavy atom. The summed E-state index contributed by atoms with van der Waals surface area (Å²) < 4.78 is 0. The monoisotopic (exact) mass is 553 g/mol. The highest BCUT2D eigenvalue weighted by molar-refractivity contribution is 6.32. The summed E-state index contributed by atoms with van der Waals surface area (Å²) in [6, 6.07) is 1.78. The summed E-state index contributed by atoms with van der Waals surface area (Å²) in [5.74, 6) is -11.4. The predicted molar refractivity (Wildman–Crippen MR) is 141 cm³/mol. The number of nitrogens with two attached hydrogens (primary N) is 1. The largest absolute Gasteiger partial charge is 0.507 e. The molecule has 0 spiro atoms. The first-order chi connectivity index (χ1) is 18.9. The molecule has 5 rings (SSSR count). The van der Waals surface area contributed by atoms with E-state index >= 15 is 0 Å². The van der Waals surface area contributed by atoms with E-state index in [1.807, 2.05) is 0 Å². The number of aromatic hydroxyl groups is 1. The highest BCUT2D eigenvalue weighted by Gasteiger charge is 2.69. The number of aliphatic hydroxyl groups is 1. The van der Waals surface area contributed by atoms with Gasteiger partial charge in [-0.05, 0) is 63.4 Å². The van der Waals surface area contributed by atoms with Crippen molar-refractivity contribution >= 4 is 34.8 Å². The molecule has 3 fully saturated rings. The van der Waals surface area contributed by atoms with E-state index in [1.54, 1.807) is 0 Å². The molecule has 6 atom stereocenters. The molecule has 0 radical (unpaired) electrons. The van der Waals surface area contributed by atoms with Gasteiger partial charge in [-0.2, -0.15) is 0 Å². The van der Waals surface area contributed by atoms with Crippen molar-refractivity contribution in [3.8, 4) is 5.75 Å². The summed E-state index contributed by atoms with van der Waals surface area (Å²) in [6.45, 7) is 0.0612. The van der Waals surface area contributed by atoms with Crippen LogP contribution in [0.1, 0.15) is 64.8 Å². The minimum Gasteiger partial charge on any atom is -0.507 e. The number of hydrogen-bond acceptors (Lipinski definition) is 10. The first-order valence-electron chi connectivity index (χ1n) is 13.9. The quantitative estimate of drug-likeness (QED) is 0.276. The number of phenols is 1. The number of carbonyl (C=O) groups is 6. The van der Waals surface area contributed by atoms with Crippen molar-refractivity contribution < 1.29 is 39.0 Å². The first-order valence-corrected chi connectivity index (χ1v) is 13.9. The number of primary amides is 1. The first kappa shape index (κ1) is 28.3. The van der Waals surface area contributed by atoms with Crippen LogP contribution in [-0.4, -0.2) is 88.3 Å². The van der Waals surface area contributed by atoms with Crippen molar-refractivity contribution in [2.45, 2.75) is 62.6 Å². The number of carbonyl (C=O) groups excluding carboxylic acids is 6. The Bertz CT molecular complexity index is 1320. The summed E-state index contributed by atoms with van der Waals surface area (Å²) in [5, 5.41) is 25.6. The van der Waals surface area contributed by atoms with E-state index in [9.17, 15) is 39.0 Å². The molecule has 0 bridgehead atoms. The molecule has 0 heterocycles. The second-order valence-corrected chi connectivity index (χ2v) is 11.9. The fourth-order valence-electron chi connectivity index (χ4n) is 7.50. The molecule has 40 heavy (non-hydrogen) atoms. The van der Waals surface area contributed by atoms with Gasteiger partial charge >= 0.3 is 0 Å².